The summed E-state index contributed by atoms with van der Waals surface area (Å²) in [5, 5.41) is 13.8. The predicted molar refractivity (Wildman–Crippen MR) is 117 cm³/mol. The quantitative estimate of drug-likeness (QED) is 0.704. The standard InChI is InChI=1S/C21H30N4O4S/c1-13(2)9-18-23-24-20(30-18)14-7-6-8-25(12-14)21(26)22-15-10-16(27-3)19(29-5)17(11-15)28-4/h10-11,13-14H,6-9,12H2,1-5H3,(H,22,26). The molecule has 1 atom stereocenters. The van der Waals surface area contributed by atoms with Crippen LogP contribution in [0.3, 0.4) is 0 Å². The van der Waals surface area contributed by atoms with Crippen molar-refractivity contribution in [2.75, 3.05) is 39.7 Å². The third-order valence-electron chi connectivity index (χ3n) is 5.04. The van der Waals surface area contributed by atoms with E-state index >= 15 is 0 Å². The number of likely N-dealkylation sites (tertiary alicyclic amines) is 1. The summed E-state index contributed by atoms with van der Waals surface area (Å²) in [5.41, 5.74) is 0.590. The number of nitrogens with zero attached hydrogens (tertiary/aromatic N) is 3. The second kappa shape index (κ2) is 9.97. The smallest absolute Gasteiger partial charge is 0.321 e. The van der Waals surface area contributed by atoms with Crippen LogP contribution in [-0.4, -0.2) is 55.5 Å². The summed E-state index contributed by atoms with van der Waals surface area (Å²) in [6.07, 6.45) is 2.90. The number of carbonyl (C=O) groups excluding carboxylic acids is 1. The normalized spacial score (nSPS) is 16.5. The van der Waals surface area contributed by atoms with E-state index in [2.05, 4.69) is 29.4 Å². The molecule has 1 aromatic heterocycles. The number of anilines is 1. The monoisotopic (exact) mass is 434 g/mol. The summed E-state index contributed by atoms with van der Waals surface area (Å²) in [6.45, 7) is 5.70. The van der Waals surface area contributed by atoms with Crippen LogP contribution >= 0.6 is 11.3 Å². The van der Waals surface area contributed by atoms with Gasteiger partial charge in [-0.15, -0.1) is 21.5 Å². The Hall–Kier alpha value is -2.55. The number of ether oxygens (including phenoxy) is 3. The van der Waals surface area contributed by atoms with Gasteiger partial charge in [-0.1, -0.05) is 13.8 Å². The highest BCUT2D eigenvalue weighted by Crippen LogP contribution is 2.40. The molecule has 1 unspecified atom stereocenters. The summed E-state index contributed by atoms with van der Waals surface area (Å²) >= 11 is 1.67. The molecule has 8 nitrogen and oxygen atoms in total. The first kappa shape index (κ1) is 22.1. The van der Waals surface area contributed by atoms with E-state index in [0.29, 0.717) is 41.9 Å². The lowest BCUT2D eigenvalue weighted by atomic mass is 9.99. The molecule has 164 valence electrons. The van der Waals surface area contributed by atoms with Crippen LogP contribution in [0, 0.1) is 5.92 Å². The van der Waals surface area contributed by atoms with Gasteiger partial charge in [0.2, 0.25) is 5.75 Å². The second-order valence-corrected chi connectivity index (χ2v) is 8.85. The number of aromatic nitrogens is 2. The van der Waals surface area contributed by atoms with E-state index in [1.54, 1.807) is 44.8 Å². The number of piperidine rings is 1. The Morgan fingerprint density at radius 1 is 1.20 bits per heavy atom. The lowest BCUT2D eigenvalue weighted by molar-refractivity contribution is 0.192. The molecule has 1 aromatic carbocycles. The van der Waals surface area contributed by atoms with E-state index in [4.69, 9.17) is 14.2 Å². The first-order chi connectivity index (χ1) is 14.4. The predicted octanol–water partition coefficient (Wildman–Crippen LogP) is 4.17. The van der Waals surface area contributed by atoms with Gasteiger partial charge in [0.1, 0.15) is 10.0 Å². The first-order valence-electron chi connectivity index (χ1n) is 10.1. The van der Waals surface area contributed by atoms with Crippen LogP contribution in [0.5, 0.6) is 17.2 Å². The molecular formula is C21H30N4O4S. The van der Waals surface area contributed by atoms with Crippen molar-refractivity contribution in [3.05, 3.63) is 22.1 Å². The fraction of sp³-hybridized carbons (Fsp3) is 0.571. The van der Waals surface area contributed by atoms with Gasteiger partial charge in [0.25, 0.3) is 0 Å². The molecule has 9 heteroatoms. The number of methoxy groups -OCH3 is 3. The zero-order valence-electron chi connectivity index (χ0n) is 18.2. The number of hydrogen-bond donors (Lipinski definition) is 1. The minimum Gasteiger partial charge on any atom is -0.493 e. The molecule has 2 heterocycles. The Morgan fingerprint density at radius 3 is 2.50 bits per heavy atom. The van der Waals surface area contributed by atoms with Gasteiger partial charge in [-0.2, -0.15) is 0 Å². The molecule has 1 aliphatic rings. The van der Waals surface area contributed by atoms with Gasteiger partial charge in [0, 0.05) is 37.6 Å². The molecule has 0 bridgehead atoms. The van der Waals surface area contributed by atoms with Gasteiger partial charge in [-0.3, -0.25) is 0 Å². The van der Waals surface area contributed by atoms with Crippen LogP contribution in [0.15, 0.2) is 12.1 Å². The number of hydrogen-bond acceptors (Lipinski definition) is 7. The van der Waals surface area contributed by atoms with Crippen LogP contribution in [-0.2, 0) is 6.42 Å². The van der Waals surface area contributed by atoms with Crippen LogP contribution in [0.25, 0.3) is 0 Å². The number of nitrogens with one attached hydrogen (secondary N) is 1. The van der Waals surface area contributed by atoms with Gasteiger partial charge in [-0.05, 0) is 18.8 Å². The van der Waals surface area contributed by atoms with Crippen molar-refractivity contribution in [1.82, 2.24) is 15.1 Å². The second-order valence-electron chi connectivity index (χ2n) is 7.76. The molecule has 0 saturated carbocycles. The maximum absolute atomic E-state index is 12.9. The van der Waals surface area contributed by atoms with Crippen molar-refractivity contribution in [2.45, 2.75) is 39.0 Å². The Labute approximate surface area is 181 Å². The van der Waals surface area contributed by atoms with Gasteiger partial charge >= 0.3 is 6.03 Å². The number of benzene rings is 1. The molecule has 30 heavy (non-hydrogen) atoms. The fourth-order valence-corrected chi connectivity index (χ4v) is 4.76. The van der Waals surface area contributed by atoms with Crippen molar-refractivity contribution in [3.63, 3.8) is 0 Å². The number of carbonyl (C=O) groups is 1. The molecule has 3 rings (SSSR count). The third kappa shape index (κ3) is 5.13. The van der Waals surface area contributed by atoms with Gasteiger partial charge in [0.15, 0.2) is 11.5 Å². The SMILES string of the molecule is COc1cc(NC(=O)N2CCCC(c3nnc(CC(C)C)s3)C2)cc(OC)c1OC. The van der Waals surface area contributed by atoms with E-state index in [-0.39, 0.29) is 11.9 Å². The molecule has 1 saturated heterocycles. The molecule has 2 amide bonds. The highest BCUT2D eigenvalue weighted by molar-refractivity contribution is 7.11. The molecule has 1 aliphatic heterocycles. The summed E-state index contributed by atoms with van der Waals surface area (Å²) < 4.78 is 16.1. The Balaban J connectivity index is 1.69. The van der Waals surface area contributed by atoms with Crippen LogP contribution in [0.2, 0.25) is 0 Å². The van der Waals surface area contributed by atoms with Crippen LogP contribution < -0.4 is 19.5 Å². The van der Waals surface area contributed by atoms with Crippen LogP contribution in [0.4, 0.5) is 10.5 Å². The molecule has 0 spiro atoms. The highest BCUT2D eigenvalue weighted by atomic mass is 32.1. The zero-order chi connectivity index (χ0) is 21.7. The van der Waals surface area contributed by atoms with E-state index in [1.807, 2.05) is 4.90 Å². The molecule has 0 aliphatic carbocycles. The van der Waals surface area contributed by atoms with Crippen molar-refractivity contribution in [3.8, 4) is 17.2 Å². The van der Waals surface area contributed by atoms with Crippen LogP contribution in [0.1, 0.15) is 42.6 Å². The van der Waals surface area contributed by atoms with E-state index in [0.717, 1.165) is 29.3 Å². The van der Waals surface area contributed by atoms with Crippen molar-refractivity contribution in [2.24, 2.45) is 5.92 Å². The topological polar surface area (TPSA) is 85.8 Å². The summed E-state index contributed by atoms with van der Waals surface area (Å²) in [6, 6.07) is 3.30. The maximum Gasteiger partial charge on any atom is 0.321 e. The van der Waals surface area contributed by atoms with Gasteiger partial charge in [0.05, 0.1) is 27.0 Å². The molecule has 2 aromatic rings. The number of urea groups is 1. The van der Waals surface area contributed by atoms with E-state index in [9.17, 15) is 4.79 Å². The number of amides is 2. The number of rotatable bonds is 7. The average molecular weight is 435 g/mol. The Bertz CT molecular complexity index is 845. The minimum absolute atomic E-state index is 0.152. The molecule has 1 fully saturated rings. The summed E-state index contributed by atoms with van der Waals surface area (Å²) in [5.74, 6) is 2.26. The highest BCUT2D eigenvalue weighted by Gasteiger charge is 2.28. The molecular weight excluding hydrogens is 404 g/mol. The van der Waals surface area contributed by atoms with Crippen molar-refractivity contribution in [1.29, 1.82) is 0 Å². The fourth-order valence-electron chi connectivity index (χ4n) is 3.58. The van der Waals surface area contributed by atoms with Gasteiger partial charge < -0.3 is 24.4 Å². The van der Waals surface area contributed by atoms with E-state index in [1.165, 1.54) is 0 Å². The largest absolute Gasteiger partial charge is 0.493 e. The zero-order valence-corrected chi connectivity index (χ0v) is 19.0. The average Bonchev–Trinajstić information content (AvgIpc) is 3.20. The summed E-state index contributed by atoms with van der Waals surface area (Å²) in [4.78, 5) is 14.8. The van der Waals surface area contributed by atoms with E-state index < -0.39 is 0 Å². The summed E-state index contributed by atoms with van der Waals surface area (Å²) in [7, 11) is 4.65. The van der Waals surface area contributed by atoms with Crippen molar-refractivity contribution < 1.29 is 19.0 Å². The maximum atomic E-state index is 12.9. The lowest BCUT2D eigenvalue weighted by Crippen LogP contribution is -2.41. The lowest BCUT2D eigenvalue weighted by Gasteiger charge is -2.31. The first-order valence-corrected chi connectivity index (χ1v) is 10.9. The third-order valence-corrected chi connectivity index (χ3v) is 6.15. The Morgan fingerprint density at radius 2 is 1.90 bits per heavy atom. The Kier molecular flexibility index (Phi) is 7.36. The molecule has 0 radical (unpaired) electrons. The van der Waals surface area contributed by atoms with Gasteiger partial charge in [-0.25, -0.2) is 4.79 Å². The van der Waals surface area contributed by atoms with Crippen molar-refractivity contribution >= 4 is 23.1 Å². The minimum atomic E-state index is -0.152. The molecule has 1 N–H and O–H groups in total.